The molecule has 2 aromatic carbocycles. The SMILES string of the molecule is COc1cc(COc2cnc(COC(=O)Nc3ccc4c(C(F)(F)F)cc(=O)oc4c3)nc2)c([N+](=O)[O-])cc1OC. The number of nitrogens with zero attached hydrogens (tertiary/aromatic N) is 3. The number of fused-ring (bicyclic) bond motifs is 1. The summed E-state index contributed by atoms with van der Waals surface area (Å²) in [4.78, 5) is 42.5. The van der Waals surface area contributed by atoms with E-state index >= 15 is 0 Å². The second-order valence-electron chi connectivity index (χ2n) is 8.11. The van der Waals surface area contributed by atoms with E-state index in [-0.39, 0.29) is 64.2 Å². The molecule has 41 heavy (non-hydrogen) atoms. The first-order valence-electron chi connectivity index (χ1n) is 11.4. The third-order valence-electron chi connectivity index (χ3n) is 5.49. The predicted octanol–water partition coefficient (Wildman–Crippen LogP) is 4.85. The fraction of sp³-hybridized carbons (Fsp3) is 0.200. The number of benzene rings is 2. The summed E-state index contributed by atoms with van der Waals surface area (Å²) in [6, 6.07) is 6.27. The molecule has 16 heteroatoms. The molecule has 4 aromatic rings. The molecular formula is C25H19F3N4O9. The Balaban J connectivity index is 1.36. The number of carbonyl (C=O) groups is 1. The van der Waals surface area contributed by atoms with Crippen LogP contribution >= 0.6 is 0 Å². The topological polar surface area (TPSA) is 165 Å². The summed E-state index contributed by atoms with van der Waals surface area (Å²) < 4.78 is 65.2. The Morgan fingerprint density at radius 1 is 1.05 bits per heavy atom. The van der Waals surface area contributed by atoms with Crippen LogP contribution < -0.4 is 25.2 Å². The predicted molar refractivity (Wildman–Crippen MR) is 134 cm³/mol. The van der Waals surface area contributed by atoms with Gasteiger partial charge >= 0.3 is 17.9 Å². The van der Waals surface area contributed by atoms with Crippen LogP contribution in [-0.4, -0.2) is 35.2 Å². The van der Waals surface area contributed by atoms with E-state index in [4.69, 9.17) is 23.4 Å². The van der Waals surface area contributed by atoms with Gasteiger partial charge in [0.25, 0.3) is 5.69 Å². The van der Waals surface area contributed by atoms with Gasteiger partial charge in [-0.05, 0) is 18.2 Å². The molecule has 214 valence electrons. The van der Waals surface area contributed by atoms with Crippen molar-refractivity contribution >= 4 is 28.4 Å². The molecular weight excluding hydrogens is 557 g/mol. The number of halogens is 3. The average Bonchev–Trinajstić information content (AvgIpc) is 2.93. The summed E-state index contributed by atoms with van der Waals surface area (Å²) in [7, 11) is 2.74. The van der Waals surface area contributed by atoms with Gasteiger partial charge < -0.3 is 23.4 Å². The number of anilines is 1. The highest BCUT2D eigenvalue weighted by Gasteiger charge is 2.34. The minimum Gasteiger partial charge on any atom is -0.493 e. The average molecular weight is 576 g/mol. The minimum atomic E-state index is -4.77. The molecule has 1 N–H and O–H groups in total. The van der Waals surface area contributed by atoms with E-state index in [1.54, 1.807) is 0 Å². The number of amides is 1. The van der Waals surface area contributed by atoms with Crippen LogP contribution in [0.15, 0.2) is 58.0 Å². The molecule has 0 aliphatic heterocycles. The second kappa shape index (κ2) is 11.8. The molecule has 0 radical (unpaired) electrons. The normalized spacial score (nSPS) is 11.1. The van der Waals surface area contributed by atoms with E-state index in [2.05, 4.69) is 15.3 Å². The number of alkyl halides is 3. The summed E-state index contributed by atoms with van der Waals surface area (Å²) in [6.07, 6.45) is -3.23. The van der Waals surface area contributed by atoms with Crippen molar-refractivity contribution in [3.63, 3.8) is 0 Å². The smallest absolute Gasteiger partial charge is 0.417 e. The summed E-state index contributed by atoms with van der Waals surface area (Å²) in [6.45, 7) is -0.594. The van der Waals surface area contributed by atoms with Crippen LogP contribution in [0.5, 0.6) is 17.2 Å². The lowest BCUT2D eigenvalue weighted by atomic mass is 10.1. The van der Waals surface area contributed by atoms with Crippen LogP contribution in [0, 0.1) is 10.1 Å². The number of nitro benzene ring substituents is 1. The fourth-order valence-corrected chi connectivity index (χ4v) is 3.61. The third kappa shape index (κ3) is 6.78. The molecule has 0 saturated heterocycles. The monoisotopic (exact) mass is 576 g/mol. The molecule has 1 amide bonds. The summed E-state index contributed by atoms with van der Waals surface area (Å²) in [5.41, 5.74) is -2.76. The number of hydrogen-bond acceptors (Lipinski definition) is 11. The Morgan fingerprint density at radius 3 is 2.37 bits per heavy atom. The van der Waals surface area contributed by atoms with Crippen molar-refractivity contribution < 1.29 is 46.3 Å². The number of nitro groups is 1. The van der Waals surface area contributed by atoms with E-state index in [1.165, 1.54) is 44.8 Å². The lowest BCUT2D eigenvalue weighted by Gasteiger charge is -2.12. The van der Waals surface area contributed by atoms with Crippen molar-refractivity contribution in [3.8, 4) is 17.2 Å². The van der Waals surface area contributed by atoms with Crippen molar-refractivity contribution in [1.29, 1.82) is 0 Å². The molecule has 0 unspecified atom stereocenters. The Kier molecular flexibility index (Phi) is 8.21. The van der Waals surface area contributed by atoms with Gasteiger partial charge in [0.1, 0.15) is 12.2 Å². The number of ether oxygens (including phenoxy) is 4. The molecule has 4 rings (SSSR count). The molecule has 0 bridgehead atoms. The van der Waals surface area contributed by atoms with Gasteiger partial charge in [-0.1, -0.05) is 0 Å². The first-order chi connectivity index (χ1) is 19.5. The summed E-state index contributed by atoms with van der Waals surface area (Å²) in [5, 5.41) is 13.4. The zero-order chi connectivity index (χ0) is 29.7. The standard InChI is InChI=1S/C25H19F3N4O9/c1-37-20-5-13(18(32(35)36)8-21(20)38-2)11-39-15-9-29-22(30-10-15)12-40-24(34)31-14-3-4-16-17(25(26,27)28)7-23(33)41-19(16)6-14/h3-10H,11-12H2,1-2H3,(H,31,34). The van der Waals surface area contributed by atoms with Gasteiger partial charge in [-0.2, -0.15) is 13.2 Å². The summed E-state index contributed by atoms with van der Waals surface area (Å²) in [5.74, 6) is 0.697. The van der Waals surface area contributed by atoms with Gasteiger partial charge in [-0.15, -0.1) is 0 Å². The number of aromatic nitrogens is 2. The van der Waals surface area contributed by atoms with Crippen LogP contribution in [0.25, 0.3) is 11.0 Å². The van der Waals surface area contributed by atoms with Crippen molar-refractivity contribution in [2.75, 3.05) is 19.5 Å². The number of methoxy groups -OCH3 is 2. The van der Waals surface area contributed by atoms with Gasteiger partial charge in [0.2, 0.25) is 0 Å². The van der Waals surface area contributed by atoms with Crippen molar-refractivity contribution in [2.24, 2.45) is 0 Å². The number of hydrogen-bond donors (Lipinski definition) is 1. The molecule has 2 aromatic heterocycles. The lowest BCUT2D eigenvalue weighted by molar-refractivity contribution is -0.385. The van der Waals surface area contributed by atoms with E-state index in [1.807, 2.05) is 0 Å². The van der Waals surface area contributed by atoms with Crippen LogP contribution in [0.4, 0.5) is 29.3 Å². The van der Waals surface area contributed by atoms with Crippen LogP contribution in [0.3, 0.4) is 0 Å². The van der Waals surface area contributed by atoms with Gasteiger partial charge in [0.15, 0.2) is 29.7 Å². The highest BCUT2D eigenvalue weighted by molar-refractivity contribution is 5.90. The molecule has 0 spiro atoms. The van der Waals surface area contributed by atoms with Crippen LogP contribution in [0.1, 0.15) is 17.0 Å². The fourth-order valence-electron chi connectivity index (χ4n) is 3.61. The molecule has 13 nitrogen and oxygen atoms in total. The largest absolute Gasteiger partial charge is 0.493 e. The molecule has 0 saturated carbocycles. The maximum atomic E-state index is 13.2. The van der Waals surface area contributed by atoms with Crippen LogP contribution in [0.2, 0.25) is 0 Å². The van der Waals surface area contributed by atoms with Crippen molar-refractivity contribution in [1.82, 2.24) is 9.97 Å². The molecule has 0 aliphatic rings. The Morgan fingerprint density at radius 2 is 1.73 bits per heavy atom. The quantitative estimate of drug-likeness (QED) is 0.164. The molecule has 0 aliphatic carbocycles. The maximum absolute atomic E-state index is 13.2. The summed E-state index contributed by atoms with van der Waals surface area (Å²) >= 11 is 0. The maximum Gasteiger partial charge on any atom is 0.417 e. The van der Waals surface area contributed by atoms with Gasteiger partial charge in [0.05, 0.1) is 48.7 Å². The first-order valence-corrected chi connectivity index (χ1v) is 11.4. The van der Waals surface area contributed by atoms with E-state index in [9.17, 15) is 32.9 Å². The first kappa shape index (κ1) is 28.6. The zero-order valence-corrected chi connectivity index (χ0v) is 21.2. The minimum absolute atomic E-state index is 0.0129. The third-order valence-corrected chi connectivity index (χ3v) is 5.49. The number of nitrogens with one attached hydrogen (secondary N) is 1. The van der Waals surface area contributed by atoms with Crippen molar-refractivity contribution in [2.45, 2.75) is 19.4 Å². The zero-order valence-electron chi connectivity index (χ0n) is 21.2. The second-order valence-corrected chi connectivity index (χ2v) is 8.11. The van der Waals surface area contributed by atoms with E-state index in [0.29, 0.717) is 6.07 Å². The van der Waals surface area contributed by atoms with Crippen LogP contribution in [-0.2, 0) is 24.1 Å². The molecule has 2 heterocycles. The van der Waals surface area contributed by atoms with Gasteiger partial charge in [0, 0.05) is 23.2 Å². The Labute approximate surface area is 227 Å². The van der Waals surface area contributed by atoms with Gasteiger partial charge in [-0.3, -0.25) is 15.4 Å². The van der Waals surface area contributed by atoms with E-state index in [0.717, 1.165) is 12.1 Å². The highest BCUT2D eigenvalue weighted by Crippen LogP contribution is 2.36. The highest BCUT2D eigenvalue weighted by atomic mass is 19.4. The number of rotatable bonds is 9. The molecule has 0 fully saturated rings. The Bertz CT molecular complexity index is 1660. The molecule has 0 atom stereocenters. The van der Waals surface area contributed by atoms with Crippen molar-refractivity contribution in [3.05, 3.63) is 86.3 Å². The lowest BCUT2D eigenvalue weighted by Crippen LogP contribution is -2.15. The number of carbonyl (C=O) groups excluding carboxylic acids is 1. The van der Waals surface area contributed by atoms with Gasteiger partial charge in [-0.25, -0.2) is 19.6 Å². The Hall–Kier alpha value is -5.41. The van der Waals surface area contributed by atoms with E-state index < -0.39 is 28.4 Å².